The van der Waals surface area contributed by atoms with Gasteiger partial charge < -0.3 is 4.74 Å². The van der Waals surface area contributed by atoms with Crippen LogP contribution in [0.4, 0.5) is 0 Å². The van der Waals surface area contributed by atoms with Crippen LogP contribution in [-0.2, 0) is 9.84 Å². The lowest BCUT2D eigenvalue weighted by Gasteiger charge is -2.05. The smallest absolute Gasteiger partial charge is 0.175 e. The van der Waals surface area contributed by atoms with Gasteiger partial charge in [-0.2, -0.15) is 5.10 Å². The first-order valence-corrected chi connectivity index (χ1v) is 8.87. The molecule has 0 bridgehead atoms. The minimum absolute atomic E-state index is 0.294. The molecule has 0 radical (unpaired) electrons. The van der Waals surface area contributed by atoms with Gasteiger partial charge in [-0.25, -0.2) is 8.42 Å². The van der Waals surface area contributed by atoms with Gasteiger partial charge in [0.05, 0.1) is 17.7 Å². The second kappa shape index (κ2) is 5.89. The van der Waals surface area contributed by atoms with Gasteiger partial charge in [0.2, 0.25) is 0 Å². The number of methoxy groups -OCH3 is 1. The van der Waals surface area contributed by atoms with Crippen LogP contribution in [0.3, 0.4) is 0 Å². The molecule has 1 N–H and O–H groups in total. The molecule has 1 heterocycles. The van der Waals surface area contributed by atoms with Crippen LogP contribution in [0.15, 0.2) is 59.6 Å². The normalized spacial score (nSPS) is 11.4. The Morgan fingerprint density at radius 2 is 1.57 bits per heavy atom. The fourth-order valence-electron chi connectivity index (χ4n) is 2.36. The standard InChI is InChI=1S/C17H16N2O3S/c1-22-14-7-3-12(4-8-14)16-11-18-19-17(16)13-5-9-15(10-6-13)23(2,20)21/h3-11H,1-2H3,(H,18,19). The van der Waals surface area contributed by atoms with Crippen LogP contribution in [0.2, 0.25) is 0 Å². The molecule has 5 nitrogen and oxygen atoms in total. The third-order valence-electron chi connectivity index (χ3n) is 3.60. The number of rotatable bonds is 4. The average Bonchev–Trinajstić information content (AvgIpc) is 3.04. The molecule has 0 saturated heterocycles. The Kier molecular flexibility index (Phi) is 3.92. The molecule has 0 atom stereocenters. The van der Waals surface area contributed by atoms with Crippen molar-refractivity contribution in [3.63, 3.8) is 0 Å². The highest BCUT2D eigenvalue weighted by atomic mass is 32.2. The lowest BCUT2D eigenvalue weighted by atomic mass is 10.0. The number of aromatic nitrogens is 2. The molecule has 0 aliphatic carbocycles. The summed E-state index contributed by atoms with van der Waals surface area (Å²) in [6.45, 7) is 0. The van der Waals surface area contributed by atoms with Gasteiger partial charge in [-0.3, -0.25) is 5.10 Å². The number of hydrogen-bond donors (Lipinski definition) is 1. The van der Waals surface area contributed by atoms with Crippen molar-refractivity contribution in [3.05, 3.63) is 54.7 Å². The molecule has 1 aromatic heterocycles. The van der Waals surface area contributed by atoms with Gasteiger partial charge in [0, 0.05) is 23.6 Å². The Bertz CT molecular complexity index is 911. The van der Waals surface area contributed by atoms with Gasteiger partial charge in [-0.05, 0) is 29.8 Å². The van der Waals surface area contributed by atoms with Crippen molar-refractivity contribution in [2.45, 2.75) is 4.90 Å². The summed E-state index contributed by atoms with van der Waals surface area (Å²) in [6.07, 6.45) is 3.01. The van der Waals surface area contributed by atoms with Crippen LogP contribution in [0.25, 0.3) is 22.4 Å². The van der Waals surface area contributed by atoms with E-state index in [1.54, 1.807) is 31.4 Å². The molecule has 118 valence electrons. The highest BCUT2D eigenvalue weighted by Gasteiger charge is 2.12. The number of nitrogens with zero attached hydrogens (tertiary/aromatic N) is 1. The Labute approximate surface area is 134 Å². The van der Waals surface area contributed by atoms with E-state index in [4.69, 9.17) is 4.74 Å². The zero-order valence-electron chi connectivity index (χ0n) is 12.8. The maximum Gasteiger partial charge on any atom is 0.175 e. The third kappa shape index (κ3) is 3.12. The molecule has 0 aliphatic heterocycles. The van der Waals surface area contributed by atoms with E-state index in [1.165, 1.54) is 6.26 Å². The largest absolute Gasteiger partial charge is 0.497 e. The molecule has 0 saturated carbocycles. The Hall–Kier alpha value is -2.60. The van der Waals surface area contributed by atoms with Crippen molar-refractivity contribution < 1.29 is 13.2 Å². The first-order chi connectivity index (χ1) is 11.0. The number of aromatic amines is 1. The number of ether oxygens (including phenoxy) is 1. The lowest BCUT2D eigenvalue weighted by molar-refractivity contribution is 0.415. The highest BCUT2D eigenvalue weighted by molar-refractivity contribution is 7.90. The summed E-state index contributed by atoms with van der Waals surface area (Å²) >= 11 is 0. The molecule has 0 unspecified atom stereocenters. The minimum atomic E-state index is -3.20. The molecular formula is C17H16N2O3S. The number of benzene rings is 2. The van der Waals surface area contributed by atoms with Crippen molar-refractivity contribution in [2.24, 2.45) is 0 Å². The van der Waals surface area contributed by atoms with Gasteiger partial charge in [0.1, 0.15) is 5.75 Å². The molecule has 0 amide bonds. The first-order valence-electron chi connectivity index (χ1n) is 6.98. The van der Waals surface area contributed by atoms with E-state index in [0.717, 1.165) is 28.1 Å². The van der Waals surface area contributed by atoms with Crippen LogP contribution in [0, 0.1) is 0 Å². The number of H-pyrrole nitrogens is 1. The number of sulfone groups is 1. The molecule has 3 aromatic rings. The zero-order valence-corrected chi connectivity index (χ0v) is 13.6. The van der Waals surface area contributed by atoms with Crippen molar-refractivity contribution in [2.75, 3.05) is 13.4 Å². The van der Waals surface area contributed by atoms with Crippen LogP contribution in [0.1, 0.15) is 0 Å². The van der Waals surface area contributed by atoms with E-state index >= 15 is 0 Å². The quantitative estimate of drug-likeness (QED) is 0.798. The summed E-state index contributed by atoms with van der Waals surface area (Å²) in [5, 5.41) is 7.16. The molecule has 6 heteroatoms. The number of hydrogen-bond acceptors (Lipinski definition) is 4. The lowest BCUT2D eigenvalue weighted by Crippen LogP contribution is -1.96. The van der Waals surface area contributed by atoms with Gasteiger partial charge in [-0.15, -0.1) is 0 Å². The summed E-state index contributed by atoms with van der Waals surface area (Å²) < 4.78 is 28.3. The summed E-state index contributed by atoms with van der Waals surface area (Å²) in [4.78, 5) is 0.294. The second-order valence-electron chi connectivity index (χ2n) is 5.17. The molecule has 23 heavy (non-hydrogen) atoms. The van der Waals surface area contributed by atoms with E-state index in [9.17, 15) is 8.42 Å². The Morgan fingerprint density at radius 1 is 0.957 bits per heavy atom. The predicted octanol–water partition coefficient (Wildman–Crippen LogP) is 3.16. The minimum Gasteiger partial charge on any atom is -0.497 e. The third-order valence-corrected chi connectivity index (χ3v) is 4.73. The van der Waals surface area contributed by atoms with E-state index in [1.807, 2.05) is 30.5 Å². The first kappa shape index (κ1) is 15.3. The summed E-state index contributed by atoms with van der Waals surface area (Å²) in [7, 11) is -1.57. The van der Waals surface area contributed by atoms with E-state index in [0.29, 0.717) is 4.90 Å². The summed E-state index contributed by atoms with van der Waals surface area (Å²) in [6, 6.07) is 14.4. The molecule has 0 aliphatic rings. The maximum atomic E-state index is 11.5. The van der Waals surface area contributed by atoms with E-state index in [-0.39, 0.29) is 0 Å². The van der Waals surface area contributed by atoms with Gasteiger partial charge in [0.25, 0.3) is 0 Å². The van der Waals surface area contributed by atoms with Crippen LogP contribution < -0.4 is 4.74 Å². The van der Waals surface area contributed by atoms with Gasteiger partial charge >= 0.3 is 0 Å². The molecule has 0 fully saturated rings. The molecule has 0 spiro atoms. The van der Waals surface area contributed by atoms with Crippen LogP contribution >= 0.6 is 0 Å². The van der Waals surface area contributed by atoms with Crippen LogP contribution in [0.5, 0.6) is 5.75 Å². The topological polar surface area (TPSA) is 72.0 Å². The Balaban J connectivity index is 2.00. The molecule has 2 aromatic carbocycles. The molecule has 3 rings (SSSR count). The fourth-order valence-corrected chi connectivity index (χ4v) is 2.99. The summed E-state index contributed by atoms with van der Waals surface area (Å²) in [5.41, 5.74) is 3.57. The predicted molar refractivity (Wildman–Crippen MR) is 89.1 cm³/mol. The van der Waals surface area contributed by atoms with E-state index in [2.05, 4.69) is 10.2 Å². The fraction of sp³-hybridized carbons (Fsp3) is 0.118. The number of nitrogens with one attached hydrogen (secondary N) is 1. The van der Waals surface area contributed by atoms with Crippen molar-refractivity contribution in [1.82, 2.24) is 10.2 Å². The zero-order chi connectivity index (χ0) is 16.4. The van der Waals surface area contributed by atoms with Crippen molar-refractivity contribution in [1.29, 1.82) is 0 Å². The van der Waals surface area contributed by atoms with Crippen molar-refractivity contribution in [3.8, 4) is 28.1 Å². The van der Waals surface area contributed by atoms with Gasteiger partial charge in [-0.1, -0.05) is 24.3 Å². The van der Waals surface area contributed by atoms with Crippen molar-refractivity contribution >= 4 is 9.84 Å². The molecular weight excluding hydrogens is 312 g/mol. The van der Waals surface area contributed by atoms with E-state index < -0.39 is 9.84 Å². The highest BCUT2D eigenvalue weighted by Crippen LogP contribution is 2.31. The van der Waals surface area contributed by atoms with Crippen LogP contribution in [-0.4, -0.2) is 32.0 Å². The Morgan fingerprint density at radius 3 is 2.13 bits per heavy atom. The SMILES string of the molecule is COc1ccc(-c2c[nH]nc2-c2ccc(S(C)(=O)=O)cc2)cc1. The van der Waals surface area contributed by atoms with Gasteiger partial charge in [0.15, 0.2) is 9.84 Å². The second-order valence-corrected chi connectivity index (χ2v) is 7.19. The average molecular weight is 328 g/mol. The maximum absolute atomic E-state index is 11.5. The monoisotopic (exact) mass is 328 g/mol. The summed E-state index contributed by atoms with van der Waals surface area (Å²) in [5.74, 6) is 0.788.